The van der Waals surface area contributed by atoms with Crippen molar-refractivity contribution >= 4 is 11.7 Å². The Labute approximate surface area is 95.8 Å². The first kappa shape index (κ1) is 11.0. The molecule has 1 fully saturated rings. The van der Waals surface area contributed by atoms with E-state index in [-0.39, 0.29) is 12.0 Å². The second-order valence-electron chi connectivity index (χ2n) is 4.30. The molecule has 0 heterocycles. The third-order valence-electron chi connectivity index (χ3n) is 3.00. The zero-order valence-corrected chi connectivity index (χ0v) is 9.69. The van der Waals surface area contributed by atoms with Crippen molar-refractivity contribution in [2.45, 2.75) is 25.8 Å². The maximum atomic E-state index is 11.6. The van der Waals surface area contributed by atoms with Crippen molar-refractivity contribution in [3.05, 3.63) is 29.8 Å². The molecule has 1 aromatic rings. The Bertz CT molecular complexity index is 385. The first-order chi connectivity index (χ1) is 7.72. The van der Waals surface area contributed by atoms with Crippen LogP contribution >= 0.6 is 0 Å². The van der Waals surface area contributed by atoms with Crippen molar-refractivity contribution in [1.82, 2.24) is 0 Å². The fourth-order valence-corrected chi connectivity index (χ4v) is 1.83. The number of para-hydroxylation sites is 1. The summed E-state index contributed by atoms with van der Waals surface area (Å²) in [4.78, 5) is 11.6. The van der Waals surface area contributed by atoms with Gasteiger partial charge in [0, 0.05) is 5.69 Å². The molecule has 2 rings (SSSR count). The highest BCUT2D eigenvalue weighted by atomic mass is 16.5. The van der Waals surface area contributed by atoms with Gasteiger partial charge in [-0.1, -0.05) is 18.2 Å². The van der Waals surface area contributed by atoms with Crippen molar-refractivity contribution in [3.8, 4) is 0 Å². The van der Waals surface area contributed by atoms with Crippen LogP contribution in [0.15, 0.2) is 24.3 Å². The fourth-order valence-electron chi connectivity index (χ4n) is 1.83. The lowest BCUT2D eigenvalue weighted by Crippen LogP contribution is -2.32. The van der Waals surface area contributed by atoms with Crippen LogP contribution in [0.2, 0.25) is 0 Å². The standard InChI is InChI=1S/C13H17NO2/c1-9-5-3-4-6-11(9)14-12(10-7-8-10)13(15)16-2/h3-6,10,12,14H,7-8H2,1-2H3. The minimum atomic E-state index is -0.189. The van der Waals surface area contributed by atoms with Gasteiger partial charge in [0.25, 0.3) is 0 Å². The number of esters is 1. The lowest BCUT2D eigenvalue weighted by atomic mass is 10.1. The lowest BCUT2D eigenvalue weighted by Gasteiger charge is -2.18. The van der Waals surface area contributed by atoms with Gasteiger partial charge in [-0.25, -0.2) is 4.79 Å². The minimum absolute atomic E-state index is 0.161. The van der Waals surface area contributed by atoms with E-state index in [2.05, 4.69) is 5.32 Å². The number of rotatable bonds is 4. The molecule has 3 nitrogen and oxygen atoms in total. The highest BCUT2D eigenvalue weighted by Crippen LogP contribution is 2.35. The van der Waals surface area contributed by atoms with E-state index in [1.165, 1.54) is 7.11 Å². The molecule has 0 radical (unpaired) electrons. The van der Waals surface area contributed by atoms with Gasteiger partial charge in [-0.2, -0.15) is 0 Å². The lowest BCUT2D eigenvalue weighted by molar-refractivity contribution is -0.142. The van der Waals surface area contributed by atoms with Crippen LogP contribution in [-0.2, 0) is 9.53 Å². The number of carbonyl (C=O) groups is 1. The van der Waals surface area contributed by atoms with Gasteiger partial charge in [0.05, 0.1) is 7.11 Å². The fraction of sp³-hybridized carbons (Fsp3) is 0.462. The van der Waals surface area contributed by atoms with Gasteiger partial charge >= 0.3 is 5.97 Å². The molecule has 1 aliphatic rings. The SMILES string of the molecule is COC(=O)C(Nc1ccccc1C)C1CC1. The van der Waals surface area contributed by atoms with E-state index in [9.17, 15) is 4.79 Å². The molecule has 1 aromatic carbocycles. The zero-order chi connectivity index (χ0) is 11.5. The maximum Gasteiger partial charge on any atom is 0.328 e. The van der Waals surface area contributed by atoms with Gasteiger partial charge in [-0.05, 0) is 37.3 Å². The minimum Gasteiger partial charge on any atom is -0.467 e. The van der Waals surface area contributed by atoms with Crippen LogP contribution in [0.3, 0.4) is 0 Å². The zero-order valence-electron chi connectivity index (χ0n) is 9.69. The molecule has 1 atom stereocenters. The average molecular weight is 219 g/mol. The molecule has 16 heavy (non-hydrogen) atoms. The van der Waals surface area contributed by atoms with E-state index in [0.717, 1.165) is 24.1 Å². The van der Waals surface area contributed by atoms with Crippen LogP contribution in [-0.4, -0.2) is 19.1 Å². The summed E-state index contributed by atoms with van der Waals surface area (Å²) in [6.45, 7) is 2.03. The third kappa shape index (κ3) is 2.35. The van der Waals surface area contributed by atoms with Crippen molar-refractivity contribution < 1.29 is 9.53 Å². The molecule has 0 amide bonds. The first-order valence-electron chi connectivity index (χ1n) is 5.62. The maximum absolute atomic E-state index is 11.6. The highest BCUT2D eigenvalue weighted by molar-refractivity contribution is 5.80. The second-order valence-corrected chi connectivity index (χ2v) is 4.30. The van der Waals surface area contributed by atoms with Gasteiger partial charge in [0.2, 0.25) is 0 Å². The van der Waals surface area contributed by atoms with Gasteiger partial charge < -0.3 is 10.1 Å². The van der Waals surface area contributed by atoms with Crippen molar-refractivity contribution in [2.75, 3.05) is 12.4 Å². The van der Waals surface area contributed by atoms with Crippen LogP contribution in [0.4, 0.5) is 5.69 Å². The van der Waals surface area contributed by atoms with Crippen molar-refractivity contribution in [3.63, 3.8) is 0 Å². The second kappa shape index (κ2) is 4.56. The topological polar surface area (TPSA) is 38.3 Å². The van der Waals surface area contributed by atoms with Gasteiger partial charge in [0.1, 0.15) is 6.04 Å². The Hall–Kier alpha value is -1.51. The number of ether oxygens (including phenoxy) is 1. The number of anilines is 1. The average Bonchev–Trinajstić information content (AvgIpc) is 3.11. The van der Waals surface area contributed by atoms with E-state index in [1.807, 2.05) is 31.2 Å². The highest BCUT2D eigenvalue weighted by Gasteiger charge is 2.37. The number of hydrogen-bond acceptors (Lipinski definition) is 3. The van der Waals surface area contributed by atoms with Gasteiger partial charge in [-0.3, -0.25) is 0 Å². The number of benzene rings is 1. The number of hydrogen-bond donors (Lipinski definition) is 1. The number of aryl methyl sites for hydroxylation is 1. The number of methoxy groups -OCH3 is 1. The summed E-state index contributed by atoms with van der Waals surface area (Å²) in [6.07, 6.45) is 2.22. The van der Waals surface area contributed by atoms with E-state index in [1.54, 1.807) is 0 Å². The van der Waals surface area contributed by atoms with E-state index in [0.29, 0.717) is 5.92 Å². The molecule has 0 spiro atoms. The molecule has 0 aromatic heterocycles. The van der Waals surface area contributed by atoms with Crippen molar-refractivity contribution in [1.29, 1.82) is 0 Å². The smallest absolute Gasteiger partial charge is 0.328 e. The van der Waals surface area contributed by atoms with E-state index < -0.39 is 0 Å². The molecule has 1 saturated carbocycles. The van der Waals surface area contributed by atoms with Gasteiger partial charge in [-0.15, -0.1) is 0 Å². The summed E-state index contributed by atoms with van der Waals surface area (Å²) < 4.78 is 4.82. The van der Waals surface area contributed by atoms with Crippen LogP contribution in [0.1, 0.15) is 18.4 Å². The van der Waals surface area contributed by atoms with Crippen LogP contribution in [0, 0.1) is 12.8 Å². The van der Waals surface area contributed by atoms with Crippen LogP contribution in [0.25, 0.3) is 0 Å². The first-order valence-corrected chi connectivity index (χ1v) is 5.62. The Kier molecular flexibility index (Phi) is 3.13. The van der Waals surface area contributed by atoms with Gasteiger partial charge in [0.15, 0.2) is 0 Å². The Balaban J connectivity index is 2.11. The molecular formula is C13H17NO2. The molecule has 1 unspecified atom stereocenters. The third-order valence-corrected chi connectivity index (χ3v) is 3.00. The summed E-state index contributed by atoms with van der Waals surface area (Å²) in [5.74, 6) is 0.276. The Morgan fingerprint density at radius 3 is 2.69 bits per heavy atom. The Morgan fingerprint density at radius 2 is 2.12 bits per heavy atom. The number of nitrogens with one attached hydrogen (secondary N) is 1. The predicted octanol–water partition coefficient (Wildman–Crippen LogP) is 2.36. The Morgan fingerprint density at radius 1 is 1.44 bits per heavy atom. The molecule has 86 valence electrons. The van der Waals surface area contributed by atoms with E-state index >= 15 is 0 Å². The quantitative estimate of drug-likeness (QED) is 0.790. The molecule has 1 aliphatic carbocycles. The number of carbonyl (C=O) groups excluding carboxylic acids is 1. The molecule has 1 N–H and O–H groups in total. The monoisotopic (exact) mass is 219 g/mol. The molecule has 0 bridgehead atoms. The summed E-state index contributed by atoms with van der Waals surface area (Å²) in [6, 6.07) is 7.80. The van der Waals surface area contributed by atoms with Crippen LogP contribution in [0.5, 0.6) is 0 Å². The molecule has 0 aliphatic heterocycles. The molecule has 0 saturated heterocycles. The van der Waals surface area contributed by atoms with E-state index in [4.69, 9.17) is 4.74 Å². The summed E-state index contributed by atoms with van der Waals surface area (Å²) in [5.41, 5.74) is 2.17. The molecule has 3 heteroatoms. The predicted molar refractivity (Wildman–Crippen MR) is 63.3 cm³/mol. The summed E-state index contributed by atoms with van der Waals surface area (Å²) in [5, 5.41) is 3.29. The molecular weight excluding hydrogens is 202 g/mol. The normalized spacial score (nSPS) is 16.6. The summed E-state index contributed by atoms with van der Waals surface area (Å²) >= 11 is 0. The van der Waals surface area contributed by atoms with Crippen molar-refractivity contribution in [2.24, 2.45) is 5.92 Å². The largest absolute Gasteiger partial charge is 0.467 e. The van der Waals surface area contributed by atoms with Crippen LogP contribution < -0.4 is 5.32 Å². The summed E-state index contributed by atoms with van der Waals surface area (Å²) in [7, 11) is 1.44.